The van der Waals surface area contributed by atoms with Gasteiger partial charge in [-0.3, -0.25) is 4.79 Å². The van der Waals surface area contributed by atoms with Gasteiger partial charge in [-0.1, -0.05) is 35.9 Å². The smallest absolute Gasteiger partial charge is 0.246 e. The van der Waals surface area contributed by atoms with Gasteiger partial charge < -0.3 is 5.32 Å². The highest BCUT2D eigenvalue weighted by atomic mass is 16.2. The van der Waals surface area contributed by atoms with Gasteiger partial charge in [-0.25, -0.2) is 9.67 Å². The largest absolute Gasteiger partial charge is 0.324 e. The van der Waals surface area contributed by atoms with Crippen molar-refractivity contribution in [3.05, 3.63) is 77.1 Å². The molecule has 4 aromatic rings. The molecule has 0 saturated carbocycles. The van der Waals surface area contributed by atoms with E-state index in [2.05, 4.69) is 52.7 Å². The molecule has 0 radical (unpaired) electrons. The quantitative estimate of drug-likeness (QED) is 0.540. The number of benzene rings is 2. The molecule has 1 N–H and O–H groups in total. The molecule has 5 nitrogen and oxygen atoms in total. The van der Waals surface area contributed by atoms with E-state index in [1.165, 1.54) is 5.56 Å². The lowest BCUT2D eigenvalue weighted by Crippen LogP contribution is -2.20. The minimum atomic E-state index is -0.123. The van der Waals surface area contributed by atoms with Gasteiger partial charge in [-0.05, 0) is 68.1 Å². The molecule has 0 aliphatic carbocycles. The predicted molar refractivity (Wildman–Crippen MR) is 117 cm³/mol. The van der Waals surface area contributed by atoms with Crippen LogP contribution in [-0.2, 0) is 11.3 Å². The van der Waals surface area contributed by atoms with E-state index in [9.17, 15) is 4.79 Å². The standard InChI is InChI=1S/C24H24N4O/c1-15-5-7-19(8-6-15)21-9-10-25-24-23(21)18(4)27-28(24)14-22(29)26-20-12-16(2)11-17(3)13-20/h5-13H,14H2,1-4H3,(H,26,29). The summed E-state index contributed by atoms with van der Waals surface area (Å²) in [4.78, 5) is 17.2. The highest BCUT2D eigenvalue weighted by Gasteiger charge is 2.16. The summed E-state index contributed by atoms with van der Waals surface area (Å²) in [7, 11) is 0. The van der Waals surface area contributed by atoms with E-state index >= 15 is 0 Å². The Labute approximate surface area is 170 Å². The Morgan fingerprint density at radius 3 is 2.31 bits per heavy atom. The molecule has 0 unspecified atom stereocenters. The van der Waals surface area contributed by atoms with E-state index in [0.29, 0.717) is 0 Å². The van der Waals surface area contributed by atoms with E-state index in [4.69, 9.17) is 0 Å². The number of nitrogens with one attached hydrogen (secondary N) is 1. The highest BCUT2D eigenvalue weighted by Crippen LogP contribution is 2.30. The lowest BCUT2D eigenvalue weighted by molar-refractivity contribution is -0.116. The van der Waals surface area contributed by atoms with Crippen LogP contribution in [-0.4, -0.2) is 20.7 Å². The molecule has 29 heavy (non-hydrogen) atoms. The van der Waals surface area contributed by atoms with Crippen molar-refractivity contribution in [2.75, 3.05) is 5.32 Å². The van der Waals surface area contributed by atoms with Gasteiger partial charge in [0.1, 0.15) is 6.54 Å². The maximum atomic E-state index is 12.7. The summed E-state index contributed by atoms with van der Waals surface area (Å²) in [5, 5.41) is 8.56. The highest BCUT2D eigenvalue weighted by molar-refractivity contribution is 5.96. The summed E-state index contributed by atoms with van der Waals surface area (Å²) in [6, 6.07) is 16.4. The fraction of sp³-hybridized carbons (Fsp3) is 0.208. The van der Waals surface area contributed by atoms with Gasteiger partial charge in [0.2, 0.25) is 5.91 Å². The monoisotopic (exact) mass is 384 g/mol. The number of fused-ring (bicyclic) bond motifs is 1. The molecular weight excluding hydrogens is 360 g/mol. The number of aromatic nitrogens is 3. The second-order valence-electron chi connectivity index (χ2n) is 7.59. The molecule has 2 aromatic carbocycles. The van der Waals surface area contributed by atoms with Crippen molar-refractivity contribution < 1.29 is 4.79 Å². The molecule has 2 aromatic heterocycles. The molecule has 2 heterocycles. The Hall–Kier alpha value is -3.47. The van der Waals surface area contributed by atoms with E-state index in [0.717, 1.165) is 44.7 Å². The minimum Gasteiger partial charge on any atom is -0.324 e. The second kappa shape index (κ2) is 7.51. The van der Waals surface area contributed by atoms with Crippen LogP contribution < -0.4 is 5.32 Å². The Morgan fingerprint density at radius 2 is 1.62 bits per heavy atom. The summed E-state index contributed by atoms with van der Waals surface area (Å²) in [6.07, 6.45) is 1.77. The Balaban J connectivity index is 1.65. The third-order valence-corrected chi connectivity index (χ3v) is 4.97. The van der Waals surface area contributed by atoms with Crippen molar-refractivity contribution in [2.24, 2.45) is 0 Å². The molecule has 0 spiro atoms. The first-order valence-corrected chi connectivity index (χ1v) is 9.68. The van der Waals surface area contributed by atoms with Crippen LogP contribution in [0.3, 0.4) is 0 Å². The zero-order chi connectivity index (χ0) is 20.5. The maximum Gasteiger partial charge on any atom is 0.246 e. The van der Waals surface area contributed by atoms with Gasteiger partial charge in [-0.15, -0.1) is 0 Å². The number of amides is 1. The van der Waals surface area contributed by atoms with Crippen molar-refractivity contribution in [3.8, 4) is 11.1 Å². The first kappa shape index (κ1) is 18.9. The predicted octanol–water partition coefficient (Wildman–Crippen LogP) is 4.97. The molecular formula is C24H24N4O. The molecule has 0 bridgehead atoms. The Bertz CT molecular complexity index is 1190. The third kappa shape index (κ3) is 3.90. The topological polar surface area (TPSA) is 59.8 Å². The number of aryl methyl sites for hydroxylation is 4. The summed E-state index contributed by atoms with van der Waals surface area (Å²) in [6.45, 7) is 8.18. The second-order valence-corrected chi connectivity index (χ2v) is 7.59. The van der Waals surface area contributed by atoms with Crippen LogP contribution in [0.25, 0.3) is 22.2 Å². The average molecular weight is 384 g/mol. The number of hydrogen-bond acceptors (Lipinski definition) is 3. The van der Waals surface area contributed by atoms with Gasteiger partial charge in [0.05, 0.1) is 5.69 Å². The van der Waals surface area contributed by atoms with E-state index in [1.807, 2.05) is 39.0 Å². The van der Waals surface area contributed by atoms with Crippen LogP contribution in [0.5, 0.6) is 0 Å². The van der Waals surface area contributed by atoms with Gasteiger partial charge >= 0.3 is 0 Å². The lowest BCUT2D eigenvalue weighted by atomic mass is 10.0. The molecule has 0 aliphatic rings. The van der Waals surface area contributed by atoms with Crippen LogP contribution in [0.15, 0.2) is 54.7 Å². The van der Waals surface area contributed by atoms with Gasteiger partial charge in [0.25, 0.3) is 0 Å². The Morgan fingerprint density at radius 1 is 0.931 bits per heavy atom. The molecule has 0 aliphatic heterocycles. The number of nitrogens with zero attached hydrogens (tertiary/aromatic N) is 3. The van der Waals surface area contributed by atoms with Crippen LogP contribution in [0.4, 0.5) is 5.69 Å². The van der Waals surface area contributed by atoms with Crippen molar-refractivity contribution in [1.82, 2.24) is 14.8 Å². The fourth-order valence-electron chi connectivity index (χ4n) is 3.75. The summed E-state index contributed by atoms with van der Waals surface area (Å²) in [5.74, 6) is -0.123. The van der Waals surface area contributed by atoms with Crippen molar-refractivity contribution in [1.29, 1.82) is 0 Å². The van der Waals surface area contributed by atoms with E-state index < -0.39 is 0 Å². The molecule has 5 heteroatoms. The molecule has 4 rings (SSSR count). The molecule has 0 saturated heterocycles. The van der Waals surface area contributed by atoms with Crippen LogP contribution in [0.2, 0.25) is 0 Å². The number of pyridine rings is 1. The summed E-state index contributed by atoms with van der Waals surface area (Å²) in [5.41, 5.74) is 8.02. The van der Waals surface area contributed by atoms with Crippen molar-refractivity contribution in [2.45, 2.75) is 34.2 Å². The fourth-order valence-corrected chi connectivity index (χ4v) is 3.75. The van der Waals surface area contributed by atoms with Crippen molar-refractivity contribution in [3.63, 3.8) is 0 Å². The van der Waals surface area contributed by atoms with Crippen LogP contribution in [0.1, 0.15) is 22.4 Å². The zero-order valence-electron chi connectivity index (χ0n) is 17.2. The molecule has 1 amide bonds. The molecule has 146 valence electrons. The number of carbonyl (C=O) groups is 1. The number of carbonyl (C=O) groups excluding carboxylic acids is 1. The summed E-state index contributed by atoms with van der Waals surface area (Å²) < 4.78 is 1.68. The first-order chi connectivity index (χ1) is 13.9. The Kier molecular flexibility index (Phi) is 4.89. The van der Waals surface area contributed by atoms with Gasteiger partial charge in [0, 0.05) is 17.3 Å². The molecule has 0 fully saturated rings. The van der Waals surface area contributed by atoms with E-state index in [1.54, 1.807) is 10.9 Å². The third-order valence-electron chi connectivity index (χ3n) is 4.97. The SMILES string of the molecule is Cc1ccc(-c2ccnc3c2c(C)nn3CC(=O)Nc2cc(C)cc(C)c2)cc1. The molecule has 0 atom stereocenters. The van der Waals surface area contributed by atoms with Crippen molar-refractivity contribution >= 4 is 22.6 Å². The maximum absolute atomic E-state index is 12.7. The summed E-state index contributed by atoms with van der Waals surface area (Å²) >= 11 is 0. The van der Waals surface area contributed by atoms with Gasteiger partial charge in [-0.2, -0.15) is 5.10 Å². The lowest BCUT2D eigenvalue weighted by Gasteiger charge is -2.08. The van der Waals surface area contributed by atoms with Gasteiger partial charge in [0.15, 0.2) is 5.65 Å². The number of hydrogen-bond donors (Lipinski definition) is 1. The number of rotatable bonds is 4. The number of anilines is 1. The van der Waals surface area contributed by atoms with E-state index in [-0.39, 0.29) is 12.5 Å². The van der Waals surface area contributed by atoms with Crippen LogP contribution in [0, 0.1) is 27.7 Å². The normalized spacial score (nSPS) is 11.0. The average Bonchev–Trinajstić information content (AvgIpc) is 2.97. The minimum absolute atomic E-state index is 0.113. The van der Waals surface area contributed by atoms with Crippen LogP contribution >= 0.6 is 0 Å². The first-order valence-electron chi connectivity index (χ1n) is 9.68. The zero-order valence-corrected chi connectivity index (χ0v) is 17.2.